The average Bonchev–Trinajstić information content (AvgIpc) is 2.63. The third-order valence-corrected chi connectivity index (χ3v) is 3.09. The predicted molar refractivity (Wildman–Crippen MR) is 68.8 cm³/mol. The lowest BCUT2D eigenvalue weighted by Crippen LogP contribution is -2.12. The number of aromatic nitrogens is 3. The average molecular weight is 273 g/mol. The summed E-state index contributed by atoms with van der Waals surface area (Å²) in [5.41, 5.74) is 0. The lowest BCUT2D eigenvalue weighted by atomic mass is 10.2. The van der Waals surface area contributed by atoms with Gasteiger partial charge in [0.15, 0.2) is 5.16 Å². The van der Waals surface area contributed by atoms with E-state index in [-0.39, 0.29) is 5.75 Å². The Morgan fingerprint density at radius 1 is 1.50 bits per heavy atom. The Morgan fingerprint density at radius 3 is 2.83 bits per heavy atom. The Labute approximate surface area is 111 Å². The highest BCUT2D eigenvalue weighted by Crippen LogP contribution is 2.16. The fraction of sp³-hybridized carbons (Fsp3) is 0.727. The maximum Gasteiger partial charge on any atom is 0.313 e. The number of carboxylic acid groups (broad SMARTS) is 1. The summed E-state index contributed by atoms with van der Waals surface area (Å²) in [7, 11) is 0. The summed E-state index contributed by atoms with van der Waals surface area (Å²) in [6, 6.07) is 0. The summed E-state index contributed by atoms with van der Waals surface area (Å²) in [5, 5.41) is 17.2. The largest absolute Gasteiger partial charge is 0.481 e. The quantitative estimate of drug-likeness (QED) is 0.570. The molecule has 0 fully saturated rings. The van der Waals surface area contributed by atoms with Crippen LogP contribution < -0.4 is 0 Å². The van der Waals surface area contributed by atoms with E-state index in [9.17, 15) is 4.79 Å². The van der Waals surface area contributed by atoms with Crippen molar-refractivity contribution >= 4 is 17.7 Å². The van der Waals surface area contributed by atoms with Crippen LogP contribution in [0.2, 0.25) is 0 Å². The summed E-state index contributed by atoms with van der Waals surface area (Å²) < 4.78 is 7.38. The van der Waals surface area contributed by atoms with Crippen molar-refractivity contribution in [1.29, 1.82) is 0 Å². The van der Waals surface area contributed by atoms with Crippen molar-refractivity contribution in [3.8, 4) is 0 Å². The lowest BCUT2D eigenvalue weighted by molar-refractivity contribution is -0.133. The zero-order valence-corrected chi connectivity index (χ0v) is 11.7. The zero-order chi connectivity index (χ0) is 13.5. The van der Waals surface area contributed by atoms with Crippen LogP contribution in [-0.4, -0.2) is 44.8 Å². The maximum atomic E-state index is 10.5. The first-order chi connectivity index (χ1) is 8.50. The summed E-state index contributed by atoms with van der Waals surface area (Å²) in [6.07, 6.45) is 0. The molecule has 0 saturated heterocycles. The third-order valence-electron chi connectivity index (χ3n) is 2.14. The van der Waals surface area contributed by atoms with Crippen molar-refractivity contribution in [2.24, 2.45) is 5.92 Å². The van der Waals surface area contributed by atoms with Crippen LogP contribution in [0.25, 0.3) is 0 Å². The zero-order valence-electron chi connectivity index (χ0n) is 10.9. The number of ether oxygens (including phenoxy) is 1. The van der Waals surface area contributed by atoms with Gasteiger partial charge in [-0.1, -0.05) is 25.6 Å². The van der Waals surface area contributed by atoms with Crippen molar-refractivity contribution in [1.82, 2.24) is 14.8 Å². The van der Waals surface area contributed by atoms with Crippen LogP contribution in [-0.2, 0) is 16.1 Å². The fourth-order valence-electron chi connectivity index (χ4n) is 1.33. The number of aryl methyl sites for hydroxylation is 1. The van der Waals surface area contributed by atoms with Crippen LogP contribution in [0.3, 0.4) is 0 Å². The van der Waals surface area contributed by atoms with Crippen LogP contribution in [0, 0.1) is 12.8 Å². The van der Waals surface area contributed by atoms with Gasteiger partial charge in [0.05, 0.1) is 12.4 Å². The molecule has 0 bridgehead atoms. The summed E-state index contributed by atoms with van der Waals surface area (Å²) >= 11 is 1.17. The van der Waals surface area contributed by atoms with Crippen LogP contribution in [0.5, 0.6) is 0 Å². The Hall–Kier alpha value is -1.08. The smallest absolute Gasteiger partial charge is 0.313 e. The summed E-state index contributed by atoms with van der Waals surface area (Å²) in [4.78, 5) is 10.5. The number of carboxylic acids is 1. The molecule has 0 spiro atoms. The second kappa shape index (κ2) is 7.38. The summed E-state index contributed by atoms with van der Waals surface area (Å²) in [5.74, 6) is 0.414. The molecule has 6 nitrogen and oxygen atoms in total. The van der Waals surface area contributed by atoms with E-state index in [0.717, 1.165) is 12.4 Å². The first-order valence-electron chi connectivity index (χ1n) is 5.83. The molecule has 0 unspecified atom stereocenters. The molecule has 0 aliphatic rings. The minimum Gasteiger partial charge on any atom is -0.481 e. The molecule has 1 aromatic rings. The normalized spacial score (nSPS) is 11.1. The van der Waals surface area contributed by atoms with E-state index in [0.29, 0.717) is 24.2 Å². The fourth-order valence-corrected chi connectivity index (χ4v) is 2.06. The number of carbonyl (C=O) groups is 1. The van der Waals surface area contributed by atoms with Gasteiger partial charge < -0.3 is 14.4 Å². The van der Waals surface area contributed by atoms with Crippen molar-refractivity contribution < 1.29 is 14.6 Å². The second-order valence-corrected chi connectivity index (χ2v) is 5.28. The molecule has 1 N–H and O–H groups in total. The van der Waals surface area contributed by atoms with Crippen molar-refractivity contribution in [3.05, 3.63) is 5.82 Å². The van der Waals surface area contributed by atoms with E-state index >= 15 is 0 Å². The van der Waals surface area contributed by atoms with Gasteiger partial charge in [0.25, 0.3) is 0 Å². The maximum absolute atomic E-state index is 10.5. The summed E-state index contributed by atoms with van der Waals surface area (Å²) in [6.45, 7) is 7.99. The highest BCUT2D eigenvalue weighted by molar-refractivity contribution is 7.99. The van der Waals surface area contributed by atoms with Gasteiger partial charge in [-0.25, -0.2) is 0 Å². The van der Waals surface area contributed by atoms with Gasteiger partial charge in [0.1, 0.15) is 5.82 Å². The van der Waals surface area contributed by atoms with Gasteiger partial charge in [-0.15, -0.1) is 10.2 Å². The standard InChI is InChI=1S/C11H19N3O3S/c1-8(2)6-17-5-4-14-9(3)12-13-11(14)18-7-10(15)16/h8H,4-7H2,1-3H3,(H,15,16). The number of hydrogen-bond acceptors (Lipinski definition) is 5. The van der Waals surface area contributed by atoms with E-state index in [1.165, 1.54) is 11.8 Å². The van der Waals surface area contributed by atoms with E-state index < -0.39 is 5.97 Å². The third kappa shape index (κ3) is 5.05. The second-order valence-electron chi connectivity index (χ2n) is 4.33. The van der Waals surface area contributed by atoms with Crippen molar-refractivity contribution in [3.63, 3.8) is 0 Å². The highest BCUT2D eigenvalue weighted by atomic mass is 32.2. The van der Waals surface area contributed by atoms with E-state index in [2.05, 4.69) is 24.0 Å². The Balaban J connectivity index is 2.47. The topological polar surface area (TPSA) is 77.2 Å². The number of hydrogen-bond donors (Lipinski definition) is 1. The first-order valence-corrected chi connectivity index (χ1v) is 6.81. The molecular weight excluding hydrogens is 254 g/mol. The van der Waals surface area contributed by atoms with Gasteiger partial charge in [-0.2, -0.15) is 0 Å². The number of rotatable bonds is 8. The molecule has 0 aromatic carbocycles. The van der Waals surface area contributed by atoms with Crippen LogP contribution in [0.1, 0.15) is 19.7 Å². The Bertz CT molecular complexity index is 393. The SMILES string of the molecule is Cc1nnc(SCC(=O)O)n1CCOCC(C)C. The molecule has 0 aliphatic heterocycles. The van der Waals surface area contributed by atoms with Gasteiger partial charge in [-0.05, 0) is 12.8 Å². The minimum atomic E-state index is -0.858. The van der Waals surface area contributed by atoms with Gasteiger partial charge in [-0.3, -0.25) is 4.79 Å². The predicted octanol–water partition coefficient (Wildman–Crippen LogP) is 1.44. The number of thioether (sulfide) groups is 1. The monoisotopic (exact) mass is 273 g/mol. The molecule has 0 atom stereocenters. The Morgan fingerprint density at radius 2 is 2.22 bits per heavy atom. The van der Waals surface area contributed by atoms with Crippen LogP contribution in [0.15, 0.2) is 5.16 Å². The highest BCUT2D eigenvalue weighted by Gasteiger charge is 2.10. The van der Waals surface area contributed by atoms with Crippen molar-refractivity contribution in [2.75, 3.05) is 19.0 Å². The molecule has 102 valence electrons. The van der Waals surface area contributed by atoms with Crippen LogP contribution >= 0.6 is 11.8 Å². The minimum absolute atomic E-state index is 0.00894. The number of nitrogens with zero attached hydrogens (tertiary/aromatic N) is 3. The Kier molecular flexibility index (Phi) is 6.14. The molecular formula is C11H19N3O3S. The molecule has 1 rings (SSSR count). The molecule has 0 radical (unpaired) electrons. The van der Waals surface area contributed by atoms with E-state index in [4.69, 9.17) is 9.84 Å². The molecule has 0 aliphatic carbocycles. The van der Waals surface area contributed by atoms with Gasteiger partial charge in [0, 0.05) is 13.2 Å². The molecule has 0 saturated carbocycles. The van der Waals surface area contributed by atoms with Gasteiger partial charge >= 0.3 is 5.97 Å². The molecule has 1 aromatic heterocycles. The molecule has 0 amide bonds. The molecule has 18 heavy (non-hydrogen) atoms. The molecule has 7 heteroatoms. The molecule has 1 heterocycles. The van der Waals surface area contributed by atoms with Crippen molar-refractivity contribution in [2.45, 2.75) is 32.5 Å². The first kappa shape index (κ1) is 15.0. The lowest BCUT2D eigenvalue weighted by Gasteiger charge is -2.09. The number of aliphatic carboxylic acids is 1. The van der Waals surface area contributed by atoms with E-state index in [1.807, 2.05) is 11.5 Å². The van der Waals surface area contributed by atoms with E-state index in [1.54, 1.807) is 0 Å². The van der Waals surface area contributed by atoms with Gasteiger partial charge in [0.2, 0.25) is 0 Å². The van der Waals surface area contributed by atoms with Crippen LogP contribution in [0.4, 0.5) is 0 Å².